The van der Waals surface area contributed by atoms with Crippen molar-refractivity contribution in [2.45, 2.75) is 21.9 Å². The van der Waals surface area contributed by atoms with E-state index in [9.17, 15) is 8.42 Å². The highest BCUT2D eigenvalue weighted by Gasteiger charge is 2.08. The fourth-order valence-electron chi connectivity index (χ4n) is 1.50. The molecule has 0 unspecified atom stereocenters. The molecule has 20 heavy (non-hydrogen) atoms. The van der Waals surface area contributed by atoms with Gasteiger partial charge in [-0.1, -0.05) is 0 Å². The molecule has 0 N–H and O–H groups in total. The van der Waals surface area contributed by atoms with E-state index in [-0.39, 0.29) is 4.90 Å². The molecule has 0 fully saturated rings. The van der Waals surface area contributed by atoms with Gasteiger partial charge in [0.05, 0.1) is 4.90 Å². The monoisotopic (exact) mass is 305 g/mol. The van der Waals surface area contributed by atoms with Gasteiger partial charge in [-0.15, -0.1) is 0 Å². The largest absolute Gasteiger partial charge is 0.228 e. The van der Waals surface area contributed by atoms with Crippen LogP contribution < -0.4 is 0 Å². The summed E-state index contributed by atoms with van der Waals surface area (Å²) in [5.41, 5.74) is 1.03. The Kier molecular flexibility index (Phi) is 4.06. The lowest BCUT2D eigenvalue weighted by Crippen LogP contribution is -1.96. The molecule has 1 aromatic carbocycles. The van der Waals surface area contributed by atoms with Crippen LogP contribution in [0.3, 0.4) is 0 Å². The second-order valence-corrected chi connectivity index (χ2v) is 7.19. The van der Waals surface area contributed by atoms with Crippen molar-refractivity contribution in [2.24, 2.45) is 0 Å². The second-order valence-electron chi connectivity index (χ2n) is 4.13. The zero-order valence-electron chi connectivity index (χ0n) is 10.9. The lowest BCUT2D eigenvalue weighted by atomic mass is 10.4. The first-order valence-electron chi connectivity index (χ1n) is 5.62. The topological polar surface area (TPSA) is 83.7 Å². The minimum atomic E-state index is -3.19. The molecule has 0 amide bonds. The van der Waals surface area contributed by atoms with Gasteiger partial charge in [-0.2, -0.15) is 5.26 Å². The number of nitriles is 1. The molecule has 5 nitrogen and oxygen atoms in total. The van der Waals surface area contributed by atoms with E-state index in [1.54, 1.807) is 37.3 Å². The maximum atomic E-state index is 11.4. The molecule has 2 rings (SSSR count). The van der Waals surface area contributed by atoms with Gasteiger partial charge in [0.1, 0.15) is 11.8 Å². The number of nitrogens with zero attached hydrogens (tertiary/aromatic N) is 3. The molecule has 1 heterocycles. The van der Waals surface area contributed by atoms with Crippen molar-refractivity contribution < 1.29 is 8.42 Å². The van der Waals surface area contributed by atoms with E-state index in [0.29, 0.717) is 16.5 Å². The first-order valence-corrected chi connectivity index (χ1v) is 8.33. The van der Waals surface area contributed by atoms with E-state index < -0.39 is 9.84 Å². The molecule has 102 valence electrons. The van der Waals surface area contributed by atoms with E-state index >= 15 is 0 Å². The van der Waals surface area contributed by atoms with E-state index in [4.69, 9.17) is 5.26 Å². The van der Waals surface area contributed by atoms with E-state index in [1.165, 1.54) is 11.8 Å². The van der Waals surface area contributed by atoms with Gasteiger partial charge in [0.2, 0.25) is 0 Å². The third-order valence-corrected chi connectivity index (χ3v) is 4.41. The van der Waals surface area contributed by atoms with E-state index in [2.05, 4.69) is 9.97 Å². The summed E-state index contributed by atoms with van der Waals surface area (Å²) < 4.78 is 22.7. The Morgan fingerprint density at radius 1 is 1.20 bits per heavy atom. The summed E-state index contributed by atoms with van der Waals surface area (Å²) in [5.74, 6) is 0. The molecule has 2 aromatic rings. The maximum Gasteiger partial charge on any atom is 0.193 e. The molecule has 0 aliphatic rings. The van der Waals surface area contributed by atoms with Crippen molar-refractivity contribution in [3.63, 3.8) is 0 Å². The molecule has 0 saturated heterocycles. The first-order chi connectivity index (χ1) is 9.38. The average Bonchev–Trinajstić information content (AvgIpc) is 2.37. The second kappa shape index (κ2) is 5.61. The van der Waals surface area contributed by atoms with Crippen LogP contribution in [-0.2, 0) is 9.84 Å². The number of benzene rings is 1. The molecule has 0 saturated carbocycles. The molecule has 0 aliphatic carbocycles. The number of hydrogen-bond acceptors (Lipinski definition) is 6. The molecule has 1 aromatic heterocycles. The standard InChI is InChI=1S/C13H11N3O2S2/c1-9-7-10(8-14)16-13(15-9)19-11-3-5-12(6-4-11)20(2,17)18/h3-7H,1-2H3. The number of sulfone groups is 1. The van der Waals surface area contributed by atoms with Gasteiger partial charge in [0.15, 0.2) is 15.0 Å². The molecule has 0 bridgehead atoms. The summed E-state index contributed by atoms with van der Waals surface area (Å²) in [5, 5.41) is 9.33. The lowest BCUT2D eigenvalue weighted by molar-refractivity contribution is 0.602. The van der Waals surface area contributed by atoms with Crippen molar-refractivity contribution in [3.05, 3.63) is 41.7 Å². The van der Waals surface area contributed by atoms with Gasteiger partial charge in [-0.25, -0.2) is 18.4 Å². The highest BCUT2D eigenvalue weighted by atomic mass is 32.2. The Morgan fingerprint density at radius 3 is 2.40 bits per heavy atom. The van der Waals surface area contributed by atoms with Gasteiger partial charge in [-0.05, 0) is 49.0 Å². The fraction of sp³-hybridized carbons (Fsp3) is 0.154. The lowest BCUT2D eigenvalue weighted by Gasteiger charge is -2.03. The number of hydrogen-bond donors (Lipinski definition) is 0. The Bertz CT molecular complexity index is 778. The highest BCUT2D eigenvalue weighted by Crippen LogP contribution is 2.26. The summed E-state index contributed by atoms with van der Waals surface area (Å²) in [7, 11) is -3.19. The molecule has 0 atom stereocenters. The van der Waals surface area contributed by atoms with Crippen molar-refractivity contribution in [3.8, 4) is 6.07 Å². The van der Waals surface area contributed by atoms with Crippen molar-refractivity contribution in [2.75, 3.05) is 6.26 Å². The Morgan fingerprint density at radius 2 is 1.85 bits per heavy atom. The summed E-state index contributed by atoms with van der Waals surface area (Å²) >= 11 is 1.28. The summed E-state index contributed by atoms with van der Waals surface area (Å²) in [6.07, 6.45) is 1.16. The quantitative estimate of drug-likeness (QED) is 0.808. The zero-order valence-corrected chi connectivity index (χ0v) is 12.5. The number of aryl methyl sites for hydroxylation is 1. The zero-order chi connectivity index (χ0) is 14.8. The van der Waals surface area contributed by atoms with Crippen LogP contribution in [0.2, 0.25) is 0 Å². The first kappa shape index (κ1) is 14.5. The molecule has 0 aliphatic heterocycles. The molecular formula is C13H11N3O2S2. The van der Waals surface area contributed by atoms with Crippen molar-refractivity contribution >= 4 is 21.6 Å². The summed E-state index contributed by atoms with van der Waals surface area (Å²) in [6.45, 7) is 1.79. The molecular weight excluding hydrogens is 294 g/mol. The van der Waals surface area contributed by atoms with Crippen LogP contribution >= 0.6 is 11.8 Å². The SMILES string of the molecule is Cc1cc(C#N)nc(Sc2ccc(S(C)(=O)=O)cc2)n1. The number of rotatable bonds is 3. The van der Waals surface area contributed by atoms with Gasteiger partial charge in [-0.3, -0.25) is 0 Å². The van der Waals surface area contributed by atoms with Crippen LogP contribution in [0, 0.1) is 18.3 Å². The Labute approximate surface area is 121 Å². The van der Waals surface area contributed by atoms with Crippen LogP contribution in [0.15, 0.2) is 45.3 Å². The van der Waals surface area contributed by atoms with Crippen LogP contribution in [0.1, 0.15) is 11.4 Å². The summed E-state index contributed by atoms with van der Waals surface area (Å²) in [4.78, 5) is 9.40. The van der Waals surface area contributed by atoms with Crippen LogP contribution in [0.4, 0.5) is 0 Å². The molecule has 7 heteroatoms. The van der Waals surface area contributed by atoms with Gasteiger partial charge >= 0.3 is 0 Å². The maximum absolute atomic E-state index is 11.4. The highest BCUT2D eigenvalue weighted by molar-refractivity contribution is 7.99. The number of aromatic nitrogens is 2. The van der Waals surface area contributed by atoms with Crippen molar-refractivity contribution in [1.29, 1.82) is 5.26 Å². The van der Waals surface area contributed by atoms with Crippen LogP contribution in [0.25, 0.3) is 0 Å². The van der Waals surface area contributed by atoms with Gasteiger partial charge < -0.3 is 0 Å². The minimum absolute atomic E-state index is 0.268. The third kappa shape index (κ3) is 3.56. The Balaban J connectivity index is 2.27. The fourth-order valence-corrected chi connectivity index (χ4v) is 2.95. The van der Waals surface area contributed by atoms with Gasteiger partial charge in [0, 0.05) is 16.8 Å². The van der Waals surface area contributed by atoms with Gasteiger partial charge in [0.25, 0.3) is 0 Å². The van der Waals surface area contributed by atoms with Crippen molar-refractivity contribution in [1.82, 2.24) is 9.97 Å². The van der Waals surface area contributed by atoms with E-state index in [1.807, 2.05) is 6.07 Å². The minimum Gasteiger partial charge on any atom is -0.228 e. The van der Waals surface area contributed by atoms with E-state index in [0.717, 1.165) is 11.2 Å². The predicted octanol–water partition coefficient (Wildman–Crippen LogP) is 2.21. The van der Waals surface area contributed by atoms with Crippen LogP contribution in [-0.4, -0.2) is 24.6 Å². The molecule has 0 spiro atoms. The average molecular weight is 305 g/mol. The van der Waals surface area contributed by atoms with Crippen LogP contribution in [0.5, 0.6) is 0 Å². The smallest absolute Gasteiger partial charge is 0.193 e. The Hall–Kier alpha value is -1.91. The summed E-state index contributed by atoms with van der Waals surface area (Å²) in [6, 6.07) is 10.1. The third-order valence-electron chi connectivity index (χ3n) is 2.41. The molecule has 0 radical (unpaired) electrons. The normalized spacial score (nSPS) is 11.1. The predicted molar refractivity (Wildman–Crippen MR) is 75.2 cm³/mol.